The molecule has 2 aromatic heterocycles. The number of hydrogen-bond acceptors (Lipinski definition) is 5. The molecule has 6 nitrogen and oxygen atoms in total. The van der Waals surface area contributed by atoms with E-state index in [9.17, 15) is 5.26 Å². The minimum absolute atomic E-state index is 0.483. The first-order valence-corrected chi connectivity index (χ1v) is 10.4. The number of nitrogens with zero attached hydrogens (tertiary/aromatic N) is 3. The fraction of sp³-hybridized carbons (Fsp3) is 0.0370. The molecule has 0 aliphatic carbocycles. The molecule has 5 aromatic rings. The van der Waals surface area contributed by atoms with Gasteiger partial charge < -0.3 is 19.8 Å². The molecule has 0 bridgehead atoms. The molecule has 5 rings (SSSR count). The molecule has 0 saturated heterocycles. The Hall–Kier alpha value is -4.94. The van der Waals surface area contributed by atoms with Crippen molar-refractivity contribution >= 4 is 39.0 Å². The maximum absolute atomic E-state index is 10.1. The van der Waals surface area contributed by atoms with Gasteiger partial charge in [-0.1, -0.05) is 24.3 Å². The molecular weight excluding hydrogens is 410 g/mol. The fourth-order valence-electron chi connectivity index (χ4n) is 3.96. The summed E-state index contributed by atoms with van der Waals surface area (Å²) in [6.07, 6.45) is 1.92. The van der Waals surface area contributed by atoms with Crippen LogP contribution >= 0.6 is 0 Å². The molecule has 6 heteroatoms. The number of nitriles is 2. The standard InChI is InChI=1S/C27H19N5O/c1-33-22-12-10-21(11-13-22)31-26-25(30-20-8-6-18(16-28)7-9-20)24(17-29)32-15-14-19-4-2-3-5-23(19)27(26)32/h2-15,30-31H,1H3. The molecular formula is C27H19N5O. The number of ether oxygens (including phenoxy) is 1. The summed E-state index contributed by atoms with van der Waals surface area (Å²) in [4.78, 5) is 0. The summed E-state index contributed by atoms with van der Waals surface area (Å²) >= 11 is 0. The van der Waals surface area contributed by atoms with Crippen LogP contribution in [0, 0.1) is 22.7 Å². The van der Waals surface area contributed by atoms with Crippen molar-refractivity contribution in [2.75, 3.05) is 17.7 Å². The highest BCUT2D eigenvalue weighted by molar-refractivity contribution is 6.08. The predicted molar refractivity (Wildman–Crippen MR) is 130 cm³/mol. The second-order valence-electron chi connectivity index (χ2n) is 7.50. The average molecular weight is 429 g/mol. The quantitative estimate of drug-likeness (QED) is 0.341. The number of benzene rings is 3. The van der Waals surface area contributed by atoms with Crippen LogP contribution in [0.1, 0.15) is 11.3 Å². The molecule has 0 radical (unpaired) electrons. The summed E-state index contributed by atoms with van der Waals surface area (Å²) in [6.45, 7) is 0. The maximum atomic E-state index is 10.1. The molecule has 0 fully saturated rings. The van der Waals surface area contributed by atoms with Crippen LogP contribution in [-0.4, -0.2) is 11.5 Å². The van der Waals surface area contributed by atoms with Crippen molar-refractivity contribution in [1.82, 2.24) is 4.40 Å². The number of pyridine rings is 1. The summed E-state index contributed by atoms with van der Waals surface area (Å²) in [7, 11) is 1.63. The first-order valence-electron chi connectivity index (χ1n) is 10.4. The van der Waals surface area contributed by atoms with Crippen molar-refractivity contribution in [2.45, 2.75) is 0 Å². The smallest absolute Gasteiger partial charge is 0.150 e. The van der Waals surface area contributed by atoms with Crippen LogP contribution in [-0.2, 0) is 0 Å². The van der Waals surface area contributed by atoms with E-state index >= 15 is 0 Å². The predicted octanol–water partition coefficient (Wildman–Crippen LogP) is 6.33. The number of anilines is 4. The van der Waals surface area contributed by atoms with E-state index in [0.717, 1.165) is 39.1 Å². The number of fused-ring (bicyclic) bond motifs is 3. The Labute approximate surface area is 190 Å². The number of rotatable bonds is 5. The van der Waals surface area contributed by atoms with Gasteiger partial charge in [0, 0.05) is 23.0 Å². The van der Waals surface area contributed by atoms with Gasteiger partial charge in [-0.05, 0) is 60.0 Å². The lowest BCUT2D eigenvalue weighted by Gasteiger charge is -2.12. The lowest BCUT2D eigenvalue weighted by Crippen LogP contribution is -1.97. The normalized spacial score (nSPS) is 10.5. The Kier molecular flexibility index (Phi) is 5.03. The van der Waals surface area contributed by atoms with Gasteiger partial charge in [0.25, 0.3) is 0 Å². The van der Waals surface area contributed by atoms with Gasteiger partial charge in [-0.25, -0.2) is 0 Å². The summed E-state index contributed by atoms with van der Waals surface area (Å²) in [5.74, 6) is 0.765. The minimum atomic E-state index is 0.483. The van der Waals surface area contributed by atoms with E-state index in [1.165, 1.54) is 0 Å². The number of hydrogen-bond donors (Lipinski definition) is 2. The third-order valence-electron chi connectivity index (χ3n) is 5.57. The second-order valence-corrected chi connectivity index (χ2v) is 7.50. The van der Waals surface area contributed by atoms with Crippen molar-refractivity contribution in [3.63, 3.8) is 0 Å². The maximum Gasteiger partial charge on any atom is 0.150 e. The molecule has 0 aliphatic heterocycles. The molecule has 2 N–H and O–H groups in total. The van der Waals surface area contributed by atoms with Gasteiger partial charge in [0.1, 0.15) is 17.5 Å². The molecule has 0 saturated carbocycles. The van der Waals surface area contributed by atoms with Crippen LogP contribution in [0.3, 0.4) is 0 Å². The van der Waals surface area contributed by atoms with Crippen molar-refractivity contribution in [1.29, 1.82) is 10.5 Å². The Balaban J connectivity index is 1.73. The zero-order valence-corrected chi connectivity index (χ0v) is 17.8. The van der Waals surface area contributed by atoms with Gasteiger partial charge in [-0.3, -0.25) is 0 Å². The molecule has 0 atom stereocenters. The zero-order valence-electron chi connectivity index (χ0n) is 17.8. The van der Waals surface area contributed by atoms with Gasteiger partial charge in [0.05, 0.1) is 29.9 Å². The molecule has 0 amide bonds. The largest absolute Gasteiger partial charge is 0.497 e. The fourth-order valence-corrected chi connectivity index (χ4v) is 3.96. The summed E-state index contributed by atoms with van der Waals surface area (Å²) in [6, 6.07) is 29.4. The van der Waals surface area contributed by atoms with E-state index in [2.05, 4.69) is 34.9 Å². The summed E-state index contributed by atoms with van der Waals surface area (Å²) < 4.78 is 7.18. The Morgan fingerprint density at radius 3 is 2.09 bits per heavy atom. The molecule has 2 heterocycles. The lowest BCUT2D eigenvalue weighted by atomic mass is 10.1. The van der Waals surface area contributed by atoms with Crippen molar-refractivity contribution in [2.24, 2.45) is 0 Å². The van der Waals surface area contributed by atoms with Gasteiger partial charge in [-0.15, -0.1) is 0 Å². The molecule has 0 spiro atoms. The Morgan fingerprint density at radius 2 is 1.42 bits per heavy atom. The first kappa shape index (κ1) is 20.0. The Bertz CT molecular complexity index is 1550. The van der Waals surface area contributed by atoms with Crippen molar-refractivity contribution in [3.8, 4) is 17.9 Å². The molecule has 0 aliphatic rings. The monoisotopic (exact) mass is 429 g/mol. The summed E-state index contributed by atoms with van der Waals surface area (Å²) in [5, 5.41) is 28.2. The molecule has 33 heavy (non-hydrogen) atoms. The highest BCUT2D eigenvalue weighted by atomic mass is 16.5. The van der Waals surface area contributed by atoms with E-state index in [0.29, 0.717) is 16.9 Å². The van der Waals surface area contributed by atoms with Crippen molar-refractivity contribution in [3.05, 3.63) is 96.3 Å². The van der Waals surface area contributed by atoms with Gasteiger partial charge in [0.2, 0.25) is 0 Å². The van der Waals surface area contributed by atoms with Crippen LogP contribution in [0.25, 0.3) is 16.3 Å². The van der Waals surface area contributed by atoms with Crippen molar-refractivity contribution < 1.29 is 4.74 Å². The van der Waals surface area contributed by atoms with Crippen LogP contribution in [0.15, 0.2) is 85.1 Å². The van der Waals surface area contributed by atoms with E-state index in [1.54, 1.807) is 19.2 Å². The van der Waals surface area contributed by atoms with E-state index < -0.39 is 0 Å². The van der Waals surface area contributed by atoms with E-state index in [-0.39, 0.29) is 0 Å². The van der Waals surface area contributed by atoms with E-state index in [1.807, 2.05) is 65.2 Å². The van der Waals surface area contributed by atoms with E-state index in [4.69, 9.17) is 10.00 Å². The van der Waals surface area contributed by atoms with Gasteiger partial charge in [0.15, 0.2) is 5.69 Å². The Morgan fingerprint density at radius 1 is 0.758 bits per heavy atom. The number of aromatic nitrogens is 1. The van der Waals surface area contributed by atoms with Crippen LogP contribution in [0.2, 0.25) is 0 Å². The zero-order chi connectivity index (χ0) is 22.8. The van der Waals surface area contributed by atoms with Crippen LogP contribution in [0.4, 0.5) is 22.7 Å². The minimum Gasteiger partial charge on any atom is -0.497 e. The number of nitrogens with one attached hydrogen (secondary N) is 2. The second kappa shape index (κ2) is 8.30. The summed E-state index contributed by atoms with van der Waals surface area (Å²) in [5.41, 5.74) is 5.05. The SMILES string of the molecule is COc1ccc(Nc2c(Nc3ccc(C#N)cc3)c(C#N)n3ccc4ccccc4c23)cc1. The highest BCUT2D eigenvalue weighted by Gasteiger charge is 2.21. The molecule has 0 unspecified atom stereocenters. The topological polar surface area (TPSA) is 85.3 Å². The van der Waals surface area contributed by atoms with Crippen LogP contribution < -0.4 is 15.4 Å². The third kappa shape index (κ3) is 3.56. The van der Waals surface area contributed by atoms with Gasteiger partial charge >= 0.3 is 0 Å². The number of methoxy groups -OCH3 is 1. The van der Waals surface area contributed by atoms with Gasteiger partial charge in [-0.2, -0.15) is 10.5 Å². The third-order valence-corrected chi connectivity index (χ3v) is 5.57. The van der Waals surface area contributed by atoms with Crippen LogP contribution in [0.5, 0.6) is 5.75 Å². The first-order chi connectivity index (χ1) is 16.2. The molecule has 158 valence electrons. The highest BCUT2D eigenvalue weighted by Crippen LogP contribution is 2.41. The molecule has 3 aromatic carbocycles. The lowest BCUT2D eigenvalue weighted by molar-refractivity contribution is 0.415. The average Bonchev–Trinajstić information content (AvgIpc) is 3.17.